The second-order valence-corrected chi connectivity index (χ2v) is 7.29. The van der Waals surface area contributed by atoms with Crippen LogP contribution in [-0.4, -0.2) is 47.0 Å². The first-order valence-corrected chi connectivity index (χ1v) is 10.4. The molecule has 0 aliphatic carbocycles. The van der Waals surface area contributed by atoms with Gasteiger partial charge in [-0.15, -0.1) is 0 Å². The number of nitro groups is 1. The summed E-state index contributed by atoms with van der Waals surface area (Å²) in [4.78, 5) is 29.0. The highest BCUT2D eigenvalue weighted by Gasteiger charge is 2.17. The molecule has 2 aromatic carbocycles. The number of pyridine rings is 1. The molecule has 0 saturated heterocycles. The molecule has 9 nitrogen and oxygen atoms in total. The average molecular weight is 459 g/mol. The van der Waals surface area contributed by atoms with E-state index < -0.39 is 10.8 Å². The van der Waals surface area contributed by atoms with Crippen LogP contribution in [0, 0.1) is 10.1 Å². The number of hydrogen-bond acceptors (Lipinski definition) is 7. The zero-order chi connectivity index (χ0) is 23.3. The molecule has 0 atom stereocenters. The third kappa shape index (κ3) is 5.24. The SMILES string of the molecule is CCN(CC)CCOc1cc2nccc(Oc3ccc([N+](=O)[O-])c(Cl)c3)c2cc1C(N)=O. The number of carbonyl (C=O) groups excluding carboxylic acids is 1. The van der Waals surface area contributed by atoms with Crippen LogP contribution < -0.4 is 15.2 Å². The van der Waals surface area contributed by atoms with Gasteiger partial charge in [-0.05, 0) is 31.3 Å². The molecule has 0 unspecified atom stereocenters. The average Bonchev–Trinajstić information content (AvgIpc) is 2.76. The fourth-order valence-electron chi connectivity index (χ4n) is 3.20. The Labute approximate surface area is 189 Å². The fraction of sp³-hybridized carbons (Fsp3) is 0.273. The topological polar surface area (TPSA) is 121 Å². The number of aromatic nitrogens is 1. The number of rotatable bonds is 10. The molecule has 2 N–H and O–H groups in total. The van der Waals surface area contributed by atoms with Crippen LogP contribution in [0.4, 0.5) is 5.69 Å². The number of nitrogens with zero attached hydrogens (tertiary/aromatic N) is 3. The van der Waals surface area contributed by atoms with Gasteiger partial charge in [0.15, 0.2) is 0 Å². The number of amides is 1. The van der Waals surface area contributed by atoms with Crippen LogP contribution in [0.5, 0.6) is 17.2 Å². The predicted octanol–water partition coefficient (Wildman–Crippen LogP) is 4.41. The van der Waals surface area contributed by atoms with Gasteiger partial charge in [-0.2, -0.15) is 0 Å². The van der Waals surface area contributed by atoms with Crippen LogP contribution >= 0.6 is 11.6 Å². The van der Waals surface area contributed by atoms with Crippen molar-refractivity contribution in [2.75, 3.05) is 26.2 Å². The van der Waals surface area contributed by atoms with Crippen molar-refractivity contribution in [3.63, 3.8) is 0 Å². The first-order chi connectivity index (χ1) is 15.3. The summed E-state index contributed by atoms with van der Waals surface area (Å²) in [5.74, 6) is 0.392. The molecule has 168 valence electrons. The molecule has 0 saturated carbocycles. The first kappa shape index (κ1) is 23.2. The Balaban J connectivity index is 1.92. The predicted molar refractivity (Wildman–Crippen MR) is 122 cm³/mol. The van der Waals surface area contributed by atoms with Crippen LogP contribution in [0.1, 0.15) is 24.2 Å². The van der Waals surface area contributed by atoms with E-state index in [0.29, 0.717) is 41.3 Å². The van der Waals surface area contributed by atoms with Gasteiger partial charge in [-0.3, -0.25) is 19.9 Å². The van der Waals surface area contributed by atoms with Crippen molar-refractivity contribution >= 4 is 34.1 Å². The molecule has 0 aliphatic heterocycles. The van der Waals surface area contributed by atoms with Crippen LogP contribution in [-0.2, 0) is 0 Å². The lowest BCUT2D eigenvalue weighted by Gasteiger charge is -2.19. The van der Waals surface area contributed by atoms with Crippen LogP contribution in [0.2, 0.25) is 5.02 Å². The lowest BCUT2D eigenvalue weighted by molar-refractivity contribution is -0.384. The molecule has 0 bridgehead atoms. The minimum absolute atomic E-state index is 0.0485. The lowest BCUT2D eigenvalue weighted by atomic mass is 10.1. The van der Waals surface area contributed by atoms with Gasteiger partial charge < -0.3 is 20.1 Å². The second-order valence-electron chi connectivity index (χ2n) is 6.89. The zero-order valence-electron chi connectivity index (χ0n) is 17.7. The van der Waals surface area contributed by atoms with E-state index in [9.17, 15) is 14.9 Å². The molecule has 1 heterocycles. The summed E-state index contributed by atoms with van der Waals surface area (Å²) in [6, 6.07) is 8.88. The van der Waals surface area contributed by atoms with Gasteiger partial charge in [0.2, 0.25) is 0 Å². The summed E-state index contributed by atoms with van der Waals surface area (Å²) < 4.78 is 11.7. The molecule has 0 fully saturated rings. The lowest BCUT2D eigenvalue weighted by Crippen LogP contribution is -2.28. The molecular weight excluding hydrogens is 436 g/mol. The summed E-state index contributed by atoms with van der Waals surface area (Å²) in [7, 11) is 0. The van der Waals surface area contributed by atoms with Gasteiger partial charge in [-0.25, -0.2) is 0 Å². The number of hydrogen-bond donors (Lipinski definition) is 1. The highest BCUT2D eigenvalue weighted by Crippen LogP contribution is 2.35. The van der Waals surface area contributed by atoms with Crippen molar-refractivity contribution in [2.24, 2.45) is 5.73 Å². The Morgan fingerprint density at radius 1 is 1.19 bits per heavy atom. The molecular formula is C22H23ClN4O5. The molecule has 32 heavy (non-hydrogen) atoms. The summed E-state index contributed by atoms with van der Waals surface area (Å²) >= 11 is 5.97. The van der Waals surface area contributed by atoms with Crippen LogP contribution in [0.15, 0.2) is 42.6 Å². The second kappa shape index (κ2) is 10.3. The van der Waals surface area contributed by atoms with Crippen molar-refractivity contribution in [1.82, 2.24) is 9.88 Å². The Bertz CT molecular complexity index is 1150. The number of halogens is 1. The number of nitro benzene ring substituents is 1. The molecule has 1 aromatic heterocycles. The van der Waals surface area contributed by atoms with Gasteiger partial charge in [0.05, 0.1) is 16.0 Å². The minimum atomic E-state index is -0.641. The van der Waals surface area contributed by atoms with E-state index >= 15 is 0 Å². The van der Waals surface area contributed by atoms with Gasteiger partial charge >= 0.3 is 0 Å². The zero-order valence-corrected chi connectivity index (χ0v) is 18.5. The van der Waals surface area contributed by atoms with E-state index in [-0.39, 0.29) is 16.3 Å². The van der Waals surface area contributed by atoms with E-state index in [0.717, 1.165) is 13.1 Å². The van der Waals surface area contributed by atoms with Crippen LogP contribution in [0.3, 0.4) is 0 Å². The maximum atomic E-state index is 12.1. The summed E-state index contributed by atoms with van der Waals surface area (Å²) in [6.07, 6.45) is 1.55. The molecule has 3 aromatic rings. The number of carbonyl (C=O) groups is 1. The highest BCUT2D eigenvalue weighted by atomic mass is 35.5. The van der Waals surface area contributed by atoms with Gasteiger partial charge in [0.25, 0.3) is 11.6 Å². The number of fused-ring (bicyclic) bond motifs is 1. The number of ether oxygens (including phenoxy) is 2. The number of likely N-dealkylation sites (N-methyl/N-ethyl adjacent to an activating group) is 1. The standard InChI is InChI=1S/C22H23ClN4O5/c1-3-26(4-2)9-10-31-21-13-18-15(12-16(21)22(24)28)20(7-8-25-18)32-14-5-6-19(27(29)30)17(23)11-14/h5-8,11-13H,3-4,9-10H2,1-2H3,(H2,24,28). The van der Waals surface area contributed by atoms with E-state index in [1.165, 1.54) is 18.2 Å². The van der Waals surface area contributed by atoms with Crippen molar-refractivity contribution in [3.8, 4) is 17.2 Å². The van der Waals surface area contributed by atoms with E-state index in [4.69, 9.17) is 26.8 Å². The summed E-state index contributed by atoms with van der Waals surface area (Å²) in [6.45, 7) is 7.03. The molecule has 0 radical (unpaired) electrons. The van der Waals surface area contributed by atoms with Crippen molar-refractivity contribution in [1.29, 1.82) is 0 Å². The van der Waals surface area contributed by atoms with E-state index in [1.54, 1.807) is 24.4 Å². The maximum Gasteiger partial charge on any atom is 0.288 e. The van der Waals surface area contributed by atoms with Crippen molar-refractivity contribution in [3.05, 3.63) is 63.3 Å². The minimum Gasteiger partial charge on any atom is -0.491 e. The normalized spacial score (nSPS) is 11.0. The largest absolute Gasteiger partial charge is 0.491 e. The Kier molecular flexibility index (Phi) is 7.45. The quantitative estimate of drug-likeness (QED) is 0.352. The van der Waals surface area contributed by atoms with Crippen molar-refractivity contribution < 1.29 is 19.2 Å². The maximum absolute atomic E-state index is 12.1. The van der Waals surface area contributed by atoms with E-state index in [2.05, 4.69) is 23.7 Å². The summed E-state index contributed by atoms with van der Waals surface area (Å²) in [5.41, 5.74) is 6.11. The number of primary amides is 1. The Morgan fingerprint density at radius 2 is 1.94 bits per heavy atom. The smallest absolute Gasteiger partial charge is 0.288 e. The third-order valence-electron chi connectivity index (χ3n) is 4.97. The van der Waals surface area contributed by atoms with E-state index in [1.807, 2.05) is 0 Å². The molecule has 3 rings (SSSR count). The summed E-state index contributed by atoms with van der Waals surface area (Å²) in [5, 5.41) is 11.4. The molecule has 0 aliphatic rings. The Morgan fingerprint density at radius 3 is 2.56 bits per heavy atom. The highest BCUT2D eigenvalue weighted by molar-refractivity contribution is 6.32. The van der Waals surface area contributed by atoms with Crippen molar-refractivity contribution in [2.45, 2.75) is 13.8 Å². The van der Waals surface area contributed by atoms with Gasteiger partial charge in [0, 0.05) is 36.3 Å². The number of benzene rings is 2. The first-order valence-electron chi connectivity index (χ1n) is 10.0. The molecule has 10 heteroatoms. The third-order valence-corrected chi connectivity index (χ3v) is 5.27. The van der Waals surface area contributed by atoms with Gasteiger partial charge in [0.1, 0.15) is 28.9 Å². The molecule has 0 spiro atoms. The number of nitrogens with two attached hydrogens (primary N) is 1. The monoisotopic (exact) mass is 458 g/mol. The fourth-order valence-corrected chi connectivity index (χ4v) is 3.44. The Hall–Kier alpha value is -3.43. The van der Waals surface area contributed by atoms with Crippen LogP contribution in [0.25, 0.3) is 10.9 Å². The molecule has 1 amide bonds. The van der Waals surface area contributed by atoms with Gasteiger partial charge in [-0.1, -0.05) is 25.4 Å².